The molecule has 30 heavy (non-hydrogen) atoms. The predicted octanol–water partition coefficient (Wildman–Crippen LogP) is 3.01. The number of fused-ring (bicyclic) bond motifs is 1. The van der Waals surface area contributed by atoms with E-state index in [1.165, 1.54) is 4.68 Å². The van der Waals surface area contributed by atoms with Crippen LogP contribution in [0.1, 0.15) is 30.3 Å². The highest BCUT2D eigenvalue weighted by molar-refractivity contribution is 5.91. The van der Waals surface area contributed by atoms with Gasteiger partial charge in [0.15, 0.2) is 5.82 Å². The second-order valence-corrected chi connectivity index (χ2v) is 7.54. The average molecular weight is 400 g/mol. The first-order chi connectivity index (χ1) is 14.6. The number of aromatic amines is 1. The number of amides is 1. The molecule has 150 valence electrons. The van der Waals surface area contributed by atoms with Gasteiger partial charge < -0.3 is 5.32 Å². The van der Waals surface area contributed by atoms with Crippen molar-refractivity contribution in [3.63, 3.8) is 0 Å². The summed E-state index contributed by atoms with van der Waals surface area (Å²) in [4.78, 5) is 29.8. The van der Waals surface area contributed by atoms with Gasteiger partial charge in [0, 0.05) is 22.6 Å². The number of aryl methyl sites for hydroxylation is 1. The van der Waals surface area contributed by atoms with Gasteiger partial charge in [0.05, 0.1) is 11.1 Å². The van der Waals surface area contributed by atoms with Gasteiger partial charge in [0.25, 0.3) is 5.56 Å². The monoisotopic (exact) mass is 400 g/mol. The van der Waals surface area contributed by atoms with Crippen LogP contribution in [0.2, 0.25) is 0 Å². The van der Waals surface area contributed by atoms with Crippen LogP contribution in [0.15, 0.2) is 53.3 Å². The molecule has 1 fully saturated rings. The number of H-pyrrole nitrogens is 1. The molecule has 0 aliphatic heterocycles. The van der Waals surface area contributed by atoms with E-state index in [1.54, 1.807) is 18.2 Å². The molecule has 0 radical (unpaired) electrons. The number of benzene rings is 2. The van der Waals surface area contributed by atoms with E-state index in [2.05, 4.69) is 25.6 Å². The lowest BCUT2D eigenvalue weighted by Gasteiger charge is -2.10. The Morgan fingerprint density at radius 1 is 1.17 bits per heavy atom. The lowest BCUT2D eigenvalue weighted by atomic mass is 10.1. The van der Waals surface area contributed by atoms with E-state index in [4.69, 9.17) is 0 Å². The number of nitrogens with zero attached hydrogens (tertiary/aromatic N) is 4. The molecule has 0 bridgehead atoms. The molecule has 1 aliphatic carbocycles. The normalized spacial score (nSPS) is 13.5. The second kappa shape index (κ2) is 7.22. The summed E-state index contributed by atoms with van der Waals surface area (Å²) in [5.41, 5.74) is 1.85. The van der Waals surface area contributed by atoms with E-state index >= 15 is 0 Å². The van der Waals surface area contributed by atoms with Crippen LogP contribution in [0.4, 0.5) is 5.69 Å². The molecular weight excluding hydrogens is 380 g/mol. The number of anilines is 1. The van der Waals surface area contributed by atoms with E-state index in [-0.39, 0.29) is 18.0 Å². The molecule has 2 aromatic heterocycles. The second-order valence-electron chi connectivity index (χ2n) is 7.54. The van der Waals surface area contributed by atoms with E-state index in [0.29, 0.717) is 28.5 Å². The molecule has 0 atom stereocenters. The molecule has 0 unspecified atom stereocenters. The molecule has 8 nitrogen and oxygen atoms in total. The van der Waals surface area contributed by atoms with Crippen LogP contribution in [-0.4, -0.2) is 30.9 Å². The molecule has 2 heterocycles. The number of hydrogen-bond donors (Lipinski definition) is 2. The first-order valence-electron chi connectivity index (χ1n) is 9.87. The number of hydrogen-bond acceptors (Lipinski definition) is 5. The summed E-state index contributed by atoms with van der Waals surface area (Å²) < 4.78 is 1.20. The summed E-state index contributed by atoms with van der Waals surface area (Å²) in [5.74, 6) is 1.68. The molecule has 2 aromatic carbocycles. The van der Waals surface area contributed by atoms with Crippen LogP contribution in [0, 0.1) is 6.92 Å². The molecule has 1 aliphatic rings. The fourth-order valence-electron chi connectivity index (χ4n) is 3.53. The van der Waals surface area contributed by atoms with Crippen LogP contribution in [0.25, 0.3) is 22.2 Å². The van der Waals surface area contributed by atoms with Gasteiger partial charge in [-0.1, -0.05) is 30.3 Å². The van der Waals surface area contributed by atoms with Crippen molar-refractivity contribution in [2.45, 2.75) is 32.2 Å². The lowest BCUT2D eigenvalue weighted by Crippen LogP contribution is -2.30. The third-order valence-electron chi connectivity index (χ3n) is 5.22. The highest BCUT2D eigenvalue weighted by Gasteiger charge is 2.27. The Morgan fingerprint density at radius 3 is 2.77 bits per heavy atom. The Bertz CT molecular complexity index is 1320. The highest BCUT2D eigenvalue weighted by atomic mass is 16.2. The number of carbonyl (C=O) groups excluding carboxylic acids is 1. The Hall–Kier alpha value is -3.81. The Kier molecular flexibility index (Phi) is 4.39. The van der Waals surface area contributed by atoms with Gasteiger partial charge in [0.1, 0.15) is 12.4 Å². The maximum atomic E-state index is 12.7. The van der Waals surface area contributed by atoms with Crippen LogP contribution in [-0.2, 0) is 11.3 Å². The number of nitrogens with one attached hydrogen (secondary N) is 2. The number of rotatable bonds is 5. The van der Waals surface area contributed by atoms with Gasteiger partial charge >= 0.3 is 0 Å². The summed E-state index contributed by atoms with van der Waals surface area (Å²) in [6, 6.07) is 14.6. The summed E-state index contributed by atoms with van der Waals surface area (Å²) in [5, 5.41) is 15.7. The Balaban J connectivity index is 1.35. The van der Waals surface area contributed by atoms with E-state index in [9.17, 15) is 9.59 Å². The first kappa shape index (κ1) is 18.2. The summed E-state index contributed by atoms with van der Waals surface area (Å²) in [7, 11) is 0. The van der Waals surface area contributed by atoms with Gasteiger partial charge in [-0.05, 0) is 38.0 Å². The quantitative estimate of drug-likeness (QED) is 0.536. The van der Waals surface area contributed by atoms with Crippen molar-refractivity contribution in [3.8, 4) is 11.4 Å². The van der Waals surface area contributed by atoms with Crippen molar-refractivity contribution in [2.75, 3.05) is 5.32 Å². The van der Waals surface area contributed by atoms with E-state index in [0.717, 1.165) is 29.6 Å². The minimum Gasteiger partial charge on any atom is -0.324 e. The molecule has 5 rings (SSSR count). The molecular formula is C22H20N6O2. The minimum absolute atomic E-state index is 0.165. The van der Waals surface area contributed by atoms with Gasteiger partial charge in [-0.15, -0.1) is 0 Å². The van der Waals surface area contributed by atoms with Crippen LogP contribution >= 0.6 is 0 Å². The molecule has 0 saturated heterocycles. The molecule has 1 amide bonds. The SMILES string of the molecule is Cc1nn(CC(=O)Nc2cccc(-c3n[nH]c(C4CC4)n3)c2)c(=O)c2ccccc12. The van der Waals surface area contributed by atoms with E-state index in [1.807, 2.05) is 37.3 Å². The predicted molar refractivity (Wildman–Crippen MR) is 113 cm³/mol. The maximum Gasteiger partial charge on any atom is 0.275 e. The smallest absolute Gasteiger partial charge is 0.275 e. The zero-order valence-electron chi connectivity index (χ0n) is 16.4. The number of aromatic nitrogens is 5. The van der Waals surface area contributed by atoms with Crippen molar-refractivity contribution in [1.82, 2.24) is 25.0 Å². The van der Waals surface area contributed by atoms with Crippen molar-refractivity contribution in [2.24, 2.45) is 0 Å². The molecule has 8 heteroatoms. The van der Waals surface area contributed by atoms with E-state index < -0.39 is 0 Å². The van der Waals surface area contributed by atoms with Gasteiger partial charge in [-0.25, -0.2) is 9.67 Å². The Labute approximate surface area is 172 Å². The average Bonchev–Trinajstić information content (AvgIpc) is 3.48. The van der Waals surface area contributed by atoms with Crippen molar-refractivity contribution < 1.29 is 4.79 Å². The zero-order valence-corrected chi connectivity index (χ0v) is 16.4. The third-order valence-corrected chi connectivity index (χ3v) is 5.22. The topological polar surface area (TPSA) is 106 Å². The zero-order chi connectivity index (χ0) is 20.7. The van der Waals surface area contributed by atoms with Gasteiger partial charge in [-0.2, -0.15) is 10.2 Å². The molecule has 0 spiro atoms. The maximum absolute atomic E-state index is 12.7. The summed E-state index contributed by atoms with van der Waals surface area (Å²) >= 11 is 0. The van der Waals surface area contributed by atoms with Crippen molar-refractivity contribution in [3.05, 3.63) is 70.4 Å². The largest absolute Gasteiger partial charge is 0.324 e. The molecule has 4 aromatic rings. The Morgan fingerprint density at radius 2 is 1.97 bits per heavy atom. The molecule has 1 saturated carbocycles. The summed E-state index contributed by atoms with van der Waals surface area (Å²) in [6.07, 6.45) is 2.29. The minimum atomic E-state index is -0.329. The van der Waals surface area contributed by atoms with Crippen molar-refractivity contribution in [1.29, 1.82) is 0 Å². The third kappa shape index (κ3) is 3.47. The highest BCUT2D eigenvalue weighted by Crippen LogP contribution is 2.38. The van der Waals surface area contributed by atoms with Crippen LogP contribution in [0.3, 0.4) is 0 Å². The van der Waals surface area contributed by atoms with Gasteiger partial charge in [0.2, 0.25) is 5.91 Å². The van der Waals surface area contributed by atoms with Gasteiger partial charge in [-0.3, -0.25) is 14.7 Å². The molecule has 2 N–H and O–H groups in total. The number of carbonyl (C=O) groups is 1. The standard InChI is InChI=1S/C22H20N6O2/c1-13-17-7-2-3-8-18(17)22(30)28(27-13)12-19(29)23-16-6-4-5-15(11-16)21-24-20(25-26-21)14-9-10-14/h2-8,11,14H,9-10,12H2,1H3,(H,23,29)(H,24,25,26). The van der Waals surface area contributed by atoms with Crippen molar-refractivity contribution >= 4 is 22.4 Å². The first-order valence-corrected chi connectivity index (χ1v) is 9.87. The lowest BCUT2D eigenvalue weighted by molar-refractivity contribution is -0.117. The van der Waals surface area contributed by atoms with Crippen LogP contribution in [0.5, 0.6) is 0 Å². The summed E-state index contributed by atoms with van der Waals surface area (Å²) in [6.45, 7) is 1.66. The van der Waals surface area contributed by atoms with Crippen LogP contribution < -0.4 is 10.9 Å². The fraction of sp³-hybridized carbons (Fsp3) is 0.227. The fourth-order valence-corrected chi connectivity index (χ4v) is 3.53.